The second-order valence-electron chi connectivity index (χ2n) is 8.65. The number of imide groups is 1. The zero-order valence-corrected chi connectivity index (χ0v) is 19.6. The van der Waals surface area contributed by atoms with Crippen LogP contribution in [0.15, 0.2) is 66.0 Å². The normalized spacial score (nSPS) is 27.1. The third-order valence-corrected chi connectivity index (χ3v) is 7.89. The van der Waals surface area contributed by atoms with Crippen LogP contribution >= 0.6 is 11.3 Å². The Kier molecular flexibility index (Phi) is 5.12. The molecule has 6 rings (SSSR count). The molecule has 3 aliphatic heterocycles. The van der Waals surface area contributed by atoms with Gasteiger partial charge in [0.25, 0.3) is 0 Å². The second-order valence-corrected chi connectivity index (χ2v) is 9.63. The number of benzene rings is 2. The fraction of sp³-hybridized carbons (Fsp3) is 0.269. The fourth-order valence-corrected chi connectivity index (χ4v) is 6.30. The molecule has 1 N–H and O–H groups in total. The molecule has 0 aliphatic carbocycles. The highest BCUT2D eigenvalue weighted by Gasteiger charge is 2.70. The van der Waals surface area contributed by atoms with E-state index in [0.717, 1.165) is 4.88 Å². The average molecular weight is 491 g/mol. The Bertz CT molecular complexity index is 1310. The summed E-state index contributed by atoms with van der Waals surface area (Å²) in [6.07, 6.45) is 0. The van der Waals surface area contributed by atoms with Crippen molar-refractivity contribution < 1.29 is 28.6 Å². The number of amides is 2. The lowest BCUT2D eigenvalue weighted by atomic mass is 9.75. The summed E-state index contributed by atoms with van der Waals surface area (Å²) in [5, 5.41) is 5.29. The number of anilines is 1. The Morgan fingerprint density at radius 3 is 2.51 bits per heavy atom. The van der Waals surface area contributed by atoms with Gasteiger partial charge in [-0.3, -0.25) is 14.9 Å². The SMILES string of the molecule is COC(=O)[C@]1(c2ccccc2)N[C@@H](c2cccs2)[C@H]2C(=O)N(c3ccc4c(c3)OCCO4)C(=O)[C@H]21. The molecule has 3 aliphatic rings. The highest BCUT2D eigenvalue weighted by Crippen LogP contribution is 2.55. The van der Waals surface area contributed by atoms with E-state index in [1.165, 1.54) is 23.3 Å². The molecule has 0 spiro atoms. The minimum atomic E-state index is -1.52. The van der Waals surface area contributed by atoms with Gasteiger partial charge in [-0.15, -0.1) is 11.3 Å². The van der Waals surface area contributed by atoms with Gasteiger partial charge in [-0.25, -0.2) is 9.69 Å². The molecule has 1 aromatic heterocycles. The first-order valence-electron chi connectivity index (χ1n) is 11.3. The van der Waals surface area contributed by atoms with Crippen LogP contribution in [0.1, 0.15) is 16.5 Å². The molecule has 0 unspecified atom stereocenters. The van der Waals surface area contributed by atoms with Gasteiger partial charge < -0.3 is 14.2 Å². The van der Waals surface area contributed by atoms with E-state index in [1.54, 1.807) is 42.5 Å². The summed E-state index contributed by atoms with van der Waals surface area (Å²) >= 11 is 1.47. The van der Waals surface area contributed by atoms with E-state index in [9.17, 15) is 14.4 Å². The molecule has 9 heteroatoms. The summed E-state index contributed by atoms with van der Waals surface area (Å²) in [5.41, 5.74) is -0.563. The lowest BCUT2D eigenvalue weighted by Gasteiger charge is -2.33. The van der Waals surface area contributed by atoms with E-state index in [-0.39, 0.29) is 5.91 Å². The number of carbonyl (C=O) groups is 3. The van der Waals surface area contributed by atoms with Gasteiger partial charge in [0.15, 0.2) is 17.0 Å². The number of fused-ring (bicyclic) bond motifs is 2. The van der Waals surface area contributed by atoms with E-state index >= 15 is 0 Å². The Balaban J connectivity index is 1.52. The van der Waals surface area contributed by atoms with E-state index in [0.29, 0.717) is 36.0 Å². The Hall–Kier alpha value is -3.69. The summed E-state index contributed by atoms with van der Waals surface area (Å²) in [6.45, 7) is 0.818. The largest absolute Gasteiger partial charge is 0.486 e. The zero-order valence-electron chi connectivity index (χ0n) is 18.8. The molecule has 4 heterocycles. The van der Waals surface area contributed by atoms with Crippen molar-refractivity contribution in [2.45, 2.75) is 11.6 Å². The summed E-state index contributed by atoms with van der Waals surface area (Å²) in [4.78, 5) is 43.6. The first-order valence-corrected chi connectivity index (χ1v) is 12.2. The van der Waals surface area contributed by atoms with Gasteiger partial charge in [-0.05, 0) is 29.1 Å². The number of rotatable bonds is 4. The van der Waals surface area contributed by atoms with Crippen molar-refractivity contribution in [1.82, 2.24) is 5.32 Å². The molecule has 35 heavy (non-hydrogen) atoms. The molecule has 4 atom stereocenters. The van der Waals surface area contributed by atoms with Crippen molar-refractivity contribution in [1.29, 1.82) is 0 Å². The summed E-state index contributed by atoms with van der Waals surface area (Å²) in [6, 6.07) is 17.2. The minimum Gasteiger partial charge on any atom is -0.486 e. The van der Waals surface area contributed by atoms with Crippen molar-refractivity contribution >= 4 is 34.8 Å². The van der Waals surface area contributed by atoms with E-state index in [1.807, 2.05) is 23.6 Å². The highest BCUT2D eigenvalue weighted by atomic mass is 32.1. The number of hydrogen-bond acceptors (Lipinski definition) is 8. The number of nitrogens with one attached hydrogen (secondary N) is 1. The number of carbonyl (C=O) groups excluding carboxylic acids is 3. The number of hydrogen-bond donors (Lipinski definition) is 1. The number of esters is 1. The van der Waals surface area contributed by atoms with Gasteiger partial charge in [-0.2, -0.15) is 0 Å². The van der Waals surface area contributed by atoms with Crippen LogP contribution in [0.5, 0.6) is 11.5 Å². The maximum atomic E-state index is 14.1. The van der Waals surface area contributed by atoms with Crippen LogP contribution < -0.4 is 19.7 Å². The average Bonchev–Trinajstić information content (AvgIpc) is 3.61. The smallest absolute Gasteiger partial charge is 0.331 e. The quantitative estimate of drug-likeness (QED) is 0.444. The van der Waals surface area contributed by atoms with Crippen LogP contribution in [0.4, 0.5) is 5.69 Å². The summed E-state index contributed by atoms with van der Waals surface area (Å²) < 4.78 is 16.5. The molecule has 0 saturated carbocycles. The van der Waals surface area contributed by atoms with Crippen LogP contribution in [0.3, 0.4) is 0 Å². The topological polar surface area (TPSA) is 94.2 Å². The second kappa shape index (κ2) is 8.21. The number of thiophene rings is 1. The number of ether oxygens (including phenoxy) is 3. The first-order chi connectivity index (χ1) is 17.1. The highest BCUT2D eigenvalue weighted by molar-refractivity contribution is 7.10. The molecule has 2 saturated heterocycles. The summed E-state index contributed by atoms with van der Waals surface area (Å²) in [5.74, 6) is -2.20. The van der Waals surface area contributed by atoms with Crippen molar-refractivity contribution in [3.63, 3.8) is 0 Å². The number of methoxy groups -OCH3 is 1. The molecule has 2 amide bonds. The third kappa shape index (κ3) is 3.11. The first kappa shape index (κ1) is 21.8. The zero-order chi connectivity index (χ0) is 24.2. The Labute approximate surface area is 205 Å². The number of nitrogens with zero attached hydrogens (tertiary/aromatic N) is 1. The molecular weight excluding hydrogens is 468 g/mol. The van der Waals surface area contributed by atoms with Crippen LogP contribution in [0.25, 0.3) is 0 Å². The van der Waals surface area contributed by atoms with E-state index < -0.39 is 35.3 Å². The van der Waals surface area contributed by atoms with Gasteiger partial charge in [0, 0.05) is 10.9 Å². The van der Waals surface area contributed by atoms with Gasteiger partial charge in [-0.1, -0.05) is 36.4 Å². The van der Waals surface area contributed by atoms with E-state index in [4.69, 9.17) is 14.2 Å². The van der Waals surface area contributed by atoms with Crippen molar-refractivity contribution in [3.8, 4) is 11.5 Å². The van der Waals surface area contributed by atoms with Gasteiger partial charge in [0.2, 0.25) is 11.8 Å². The predicted octanol–water partition coefficient (Wildman–Crippen LogP) is 3.04. The van der Waals surface area contributed by atoms with Crippen LogP contribution in [-0.4, -0.2) is 38.1 Å². The molecule has 2 fully saturated rings. The monoisotopic (exact) mass is 490 g/mol. The third-order valence-electron chi connectivity index (χ3n) is 6.93. The lowest BCUT2D eigenvalue weighted by molar-refractivity contribution is -0.152. The van der Waals surface area contributed by atoms with Crippen LogP contribution in [0, 0.1) is 11.8 Å². The Morgan fingerprint density at radius 2 is 1.80 bits per heavy atom. The van der Waals surface area contributed by atoms with Crippen molar-refractivity contribution in [3.05, 3.63) is 76.5 Å². The minimum absolute atomic E-state index is 0.371. The lowest BCUT2D eigenvalue weighted by Crippen LogP contribution is -2.53. The molecule has 0 radical (unpaired) electrons. The standard InChI is InChI=1S/C26H22N2O6S/c1-32-25(31)26(15-6-3-2-4-7-15)21-20(22(27-26)19-8-5-13-35-19)23(29)28(24(21)30)16-9-10-17-18(14-16)34-12-11-33-17/h2-10,13-14,20-22,27H,11-12H2,1H3/t20-,21-,22-,26+/m0/s1. The van der Waals surface area contributed by atoms with Gasteiger partial charge in [0.1, 0.15) is 13.2 Å². The predicted molar refractivity (Wildman–Crippen MR) is 127 cm³/mol. The summed E-state index contributed by atoms with van der Waals surface area (Å²) in [7, 11) is 1.29. The maximum absolute atomic E-state index is 14.1. The van der Waals surface area contributed by atoms with E-state index in [2.05, 4.69) is 5.32 Å². The molecular formula is C26H22N2O6S. The maximum Gasteiger partial charge on any atom is 0.331 e. The van der Waals surface area contributed by atoms with Crippen molar-refractivity contribution in [2.24, 2.45) is 11.8 Å². The Morgan fingerprint density at radius 1 is 1.03 bits per heavy atom. The van der Waals surface area contributed by atoms with Gasteiger partial charge >= 0.3 is 5.97 Å². The molecule has 0 bridgehead atoms. The van der Waals surface area contributed by atoms with Gasteiger partial charge in [0.05, 0.1) is 30.7 Å². The molecule has 8 nitrogen and oxygen atoms in total. The molecule has 3 aromatic rings. The molecule has 178 valence electrons. The fourth-order valence-electron chi connectivity index (χ4n) is 5.48. The van der Waals surface area contributed by atoms with Crippen LogP contribution in [-0.2, 0) is 24.7 Å². The van der Waals surface area contributed by atoms with Crippen molar-refractivity contribution in [2.75, 3.05) is 25.2 Å². The molecule has 2 aromatic carbocycles. The van der Waals surface area contributed by atoms with Crippen LogP contribution in [0.2, 0.25) is 0 Å².